The van der Waals surface area contributed by atoms with Gasteiger partial charge in [0, 0.05) is 37.3 Å². The van der Waals surface area contributed by atoms with Gasteiger partial charge in [-0.2, -0.15) is 0 Å². The fourth-order valence-electron chi connectivity index (χ4n) is 3.40. The van der Waals surface area contributed by atoms with E-state index >= 15 is 0 Å². The van der Waals surface area contributed by atoms with Crippen LogP contribution in [-0.2, 0) is 0 Å². The number of aliphatic imine (C=N–C) groups is 1. The Bertz CT molecular complexity index is 715. The Balaban J connectivity index is 2.23. The van der Waals surface area contributed by atoms with Crippen LogP contribution in [0.15, 0.2) is 78.5 Å². The maximum atomic E-state index is 8.89. The summed E-state index contributed by atoms with van der Waals surface area (Å²) in [6.45, 7) is 12.4. The van der Waals surface area contributed by atoms with Gasteiger partial charge in [-0.15, -0.1) is 0 Å². The Morgan fingerprint density at radius 2 is 2.08 bits per heavy atom. The van der Waals surface area contributed by atoms with Crippen molar-refractivity contribution in [2.75, 3.05) is 13.7 Å². The highest BCUT2D eigenvalue weighted by Gasteiger charge is 2.30. The Labute approximate surface area is 157 Å². The molecule has 0 radical (unpaired) electrons. The molecule has 138 valence electrons. The molecule has 0 saturated carbocycles. The van der Waals surface area contributed by atoms with E-state index in [0.717, 1.165) is 36.2 Å². The second-order valence-electron chi connectivity index (χ2n) is 6.65. The molecule has 0 fully saturated rings. The summed E-state index contributed by atoms with van der Waals surface area (Å²) in [4.78, 5) is 4.98. The van der Waals surface area contributed by atoms with Gasteiger partial charge in [-0.25, -0.2) is 0 Å². The number of fused-ring (bicyclic) bond motifs is 1. The van der Waals surface area contributed by atoms with Crippen LogP contribution < -0.4 is 5.32 Å². The lowest BCUT2D eigenvalue weighted by atomic mass is 9.79. The van der Waals surface area contributed by atoms with Crippen molar-refractivity contribution in [3.63, 3.8) is 0 Å². The zero-order valence-corrected chi connectivity index (χ0v) is 15.7. The number of nitrogens with one attached hydrogen (secondary N) is 1. The third-order valence-electron chi connectivity index (χ3n) is 4.83. The molecule has 1 aromatic rings. The third kappa shape index (κ3) is 5.06. The number of benzene rings is 1. The monoisotopic (exact) mass is 350 g/mol. The van der Waals surface area contributed by atoms with Crippen molar-refractivity contribution in [1.82, 2.24) is 5.32 Å². The molecule has 0 aromatic heterocycles. The van der Waals surface area contributed by atoms with Gasteiger partial charge in [-0.3, -0.25) is 4.99 Å². The molecular formula is C23H30N2O. The van der Waals surface area contributed by atoms with E-state index in [1.54, 1.807) is 0 Å². The van der Waals surface area contributed by atoms with E-state index in [-0.39, 0.29) is 12.6 Å². The van der Waals surface area contributed by atoms with Gasteiger partial charge >= 0.3 is 0 Å². The second-order valence-corrected chi connectivity index (χ2v) is 6.65. The highest BCUT2D eigenvalue weighted by molar-refractivity contribution is 6.10. The van der Waals surface area contributed by atoms with E-state index in [1.165, 1.54) is 11.1 Å². The first-order valence-corrected chi connectivity index (χ1v) is 9.21. The minimum atomic E-state index is 0.145. The predicted molar refractivity (Wildman–Crippen MR) is 112 cm³/mol. The molecule has 3 nitrogen and oxygen atoms in total. The zero-order chi connectivity index (χ0) is 18.9. The predicted octanol–water partition coefficient (Wildman–Crippen LogP) is 4.53. The lowest BCUT2D eigenvalue weighted by Crippen LogP contribution is -2.27. The van der Waals surface area contributed by atoms with Gasteiger partial charge in [-0.1, -0.05) is 61.7 Å². The van der Waals surface area contributed by atoms with Crippen LogP contribution in [0.3, 0.4) is 0 Å². The van der Waals surface area contributed by atoms with E-state index in [1.807, 2.05) is 25.3 Å². The van der Waals surface area contributed by atoms with Gasteiger partial charge in [-0.05, 0) is 30.9 Å². The topological polar surface area (TPSA) is 44.6 Å². The summed E-state index contributed by atoms with van der Waals surface area (Å²) >= 11 is 0. The first-order chi connectivity index (χ1) is 12.6. The summed E-state index contributed by atoms with van der Waals surface area (Å²) in [7, 11) is 1.90. The molecule has 1 heterocycles. The van der Waals surface area contributed by atoms with Crippen molar-refractivity contribution in [2.45, 2.75) is 37.6 Å². The molecule has 2 N–H and O–H groups in total. The number of rotatable bonds is 10. The Kier molecular flexibility index (Phi) is 7.61. The average Bonchev–Trinajstić information content (AvgIpc) is 2.66. The van der Waals surface area contributed by atoms with E-state index in [0.29, 0.717) is 12.3 Å². The Hall–Kier alpha value is -2.39. The second kappa shape index (κ2) is 9.93. The van der Waals surface area contributed by atoms with Gasteiger partial charge in [0.1, 0.15) is 0 Å². The molecule has 0 spiro atoms. The van der Waals surface area contributed by atoms with Crippen molar-refractivity contribution in [3.05, 3.63) is 84.6 Å². The molecule has 1 aromatic carbocycles. The Morgan fingerprint density at radius 1 is 1.31 bits per heavy atom. The lowest BCUT2D eigenvalue weighted by molar-refractivity contribution is 0.302. The van der Waals surface area contributed by atoms with Crippen LogP contribution in [0, 0.1) is 0 Å². The average molecular weight is 351 g/mol. The summed E-state index contributed by atoms with van der Waals surface area (Å²) in [5.41, 5.74) is 5.56. The van der Waals surface area contributed by atoms with Crippen LogP contribution in [0.2, 0.25) is 0 Å². The summed E-state index contributed by atoms with van der Waals surface area (Å²) in [6, 6.07) is 8.63. The number of hydrogen-bond donors (Lipinski definition) is 2. The highest BCUT2D eigenvalue weighted by Crippen LogP contribution is 2.37. The normalized spacial score (nSPS) is 18.9. The lowest BCUT2D eigenvalue weighted by Gasteiger charge is -2.32. The smallest absolute Gasteiger partial charge is 0.0647 e. The first kappa shape index (κ1) is 19.9. The number of aliphatic hydroxyl groups is 1. The summed E-state index contributed by atoms with van der Waals surface area (Å²) in [6.07, 6.45) is 9.21. The van der Waals surface area contributed by atoms with Crippen molar-refractivity contribution < 1.29 is 5.11 Å². The summed E-state index contributed by atoms with van der Waals surface area (Å²) in [5.74, 6) is 0.322. The van der Waals surface area contributed by atoms with Crippen LogP contribution in [0.4, 0.5) is 0 Å². The highest BCUT2D eigenvalue weighted by atomic mass is 16.2. The van der Waals surface area contributed by atoms with Crippen LogP contribution in [0.1, 0.15) is 42.7 Å². The molecule has 2 atom stereocenters. The van der Waals surface area contributed by atoms with Crippen molar-refractivity contribution >= 4 is 5.71 Å². The number of allylic oxidation sites excluding steroid dienone is 3. The van der Waals surface area contributed by atoms with E-state index < -0.39 is 0 Å². The fraction of sp³-hybridized carbons (Fsp3) is 0.348. The molecule has 3 heteroatoms. The van der Waals surface area contributed by atoms with Crippen molar-refractivity contribution in [2.24, 2.45) is 4.99 Å². The van der Waals surface area contributed by atoms with E-state index in [2.05, 4.69) is 49.3 Å². The minimum absolute atomic E-state index is 0.145. The van der Waals surface area contributed by atoms with Gasteiger partial charge in [0.2, 0.25) is 0 Å². The number of hydrogen-bond acceptors (Lipinski definition) is 3. The van der Waals surface area contributed by atoms with Crippen LogP contribution >= 0.6 is 0 Å². The number of aliphatic hydroxyl groups excluding tert-OH is 1. The SMILES string of the molecule is C=CC1=NC(CC(=C)NC)C(CCC(=C)/C=C\CCO)c2ccccc21. The summed E-state index contributed by atoms with van der Waals surface area (Å²) < 4.78 is 0. The van der Waals surface area contributed by atoms with Gasteiger partial charge < -0.3 is 10.4 Å². The fourth-order valence-corrected chi connectivity index (χ4v) is 3.40. The molecule has 1 aliphatic heterocycles. The maximum absolute atomic E-state index is 8.89. The molecular weight excluding hydrogens is 320 g/mol. The molecule has 2 unspecified atom stereocenters. The van der Waals surface area contributed by atoms with Gasteiger partial charge in [0.05, 0.1) is 11.8 Å². The van der Waals surface area contributed by atoms with Gasteiger partial charge in [0.15, 0.2) is 0 Å². The van der Waals surface area contributed by atoms with Crippen LogP contribution in [0.25, 0.3) is 0 Å². The molecule has 0 saturated heterocycles. The van der Waals surface area contributed by atoms with Crippen LogP contribution in [-0.4, -0.2) is 30.5 Å². The quantitative estimate of drug-likeness (QED) is 0.609. The molecule has 26 heavy (non-hydrogen) atoms. The van der Waals surface area contributed by atoms with Crippen LogP contribution in [0.5, 0.6) is 0 Å². The van der Waals surface area contributed by atoms with Crippen molar-refractivity contribution in [3.8, 4) is 0 Å². The maximum Gasteiger partial charge on any atom is 0.0647 e. The largest absolute Gasteiger partial charge is 0.396 e. The molecule has 0 bridgehead atoms. The minimum Gasteiger partial charge on any atom is -0.396 e. The third-order valence-corrected chi connectivity index (χ3v) is 4.83. The standard InChI is InChI=1S/C23H30N2O/c1-5-22-20-12-7-6-11-19(20)21(23(25-22)16-18(3)24-4)14-13-17(2)10-8-9-15-26/h5-8,10-12,21,23-24,26H,1-3,9,13-16H2,4H3/b10-8-. The Morgan fingerprint density at radius 3 is 2.77 bits per heavy atom. The number of nitrogens with zero attached hydrogens (tertiary/aromatic N) is 1. The molecule has 0 aliphatic carbocycles. The molecule has 2 rings (SSSR count). The first-order valence-electron chi connectivity index (χ1n) is 9.21. The van der Waals surface area contributed by atoms with E-state index in [9.17, 15) is 0 Å². The van der Waals surface area contributed by atoms with E-state index in [4.69, 9.17) is 10.1 Å². The summed E-state index contributed by atoms with van der Waals surface area (Å²) in [5, 5.41) is 12.0. The molecule has 1 aliphatic rings. The zero-order valence-electron chi connectivity index (χ0n) is 15.7. The van der Waals surface area contributed by atoms with Gasteiger partial charge in [0.25, 0.3) is 0 Å². The van der Waals surface area contributed by atoms with Crippen molar-refractivity contribution in [1.29, 1.82) is 0 Å². The molecule has 0 amide bonds.